The van der Waals surface area contributed by atoms with Crippen molar-refractivity contribution >= 4 is 38.1 Å². The van der Waals surface area contributed by atoms with Crippen molar-refractivity contribution < 1.29 is 144 Å². The molecule has 1 aliphatic heterocycles. The SMILES string of the molecule is Cc1nn(CCCS(=O)(=O)O)c([O-])c1/C=C/C=C/C=C1/C(=O)N(CCCS(=O)(=O)O)N=C1[O-].[K+].[K+]. The first kappa shape index (κ1) is 35.3. The van der Waals surface area contributed by atoms with E-state index in [2.05, 4.69) is 10.2 Å². The molecule has 0 unspecified atom stereocenters. The molecule has 0 atom stereocenters. The standard InChI is InChI=1S/C18H24N4O9S2.2K/c1-13-14(17(24)21(19-13)9-5-11-32(26,27)28)7-3-2-4-8-15-16(23)20-22(18(15)25)10-6-12-33(29,30)31;;/h2-4,7-8,24H,5-6,9-12H2,1H3,(H,20,23)(H,26,27,28)(H,29,30,31);;/q;2*+1/p-2/b4-2+,7-3+,15-8+;;. The van der Waals surface area contributed by atoms with E-state index in [1.165, 1.54) is 30.4 Å². The molecule has 13 nitrogen and oxygen atoms in total. The van der Waals surface area contributed by atoms with Gasteiger partial charge in [-0.05, 0) is 31.7 Å². The molecule has 0 bridgehead atoms. The molecule has 2 rings (SSSR count). The van der Waals surface area contributed by atoms with Crippen LogP contribution in [0.5, 0.6) is 5.88 Å². The van der Waals surface area contributed by atoms with Gasteiger partial charge in [-0.2, -0.15) is 27.0 Å². The van der Waals surface area contributed by atoms with E-state index in [-0.39, 0.29) is 140 Å². The van der Waals surface area contributed by atoms with E-state index >= 15 is 0 Å². The van der Waals surface area contributed by atoms with Gasteiger partial charge in [0.15, 0.2) is 0 Å². The van der Waals surface area contributed by atoms with E-state index in [0.717, 1.165) is 9.69 Å². The summed E-state index contributed by atoms with van der Waals surface area (Å²) in [5.74, 6) is -2.98. The molecule has 2 heterocycles. The fraction of sp³-hybridized carbons (Fsp3) is 0.389. The van der Waals surface area contributed by atoms with Gasteiger partial charge < -0.3 is 10.2 Å². The van der Waals surface area contributed by atoms with Gasteiger partial charge in [-0.3, -0.25) is 18.6 Å². The number of hydrogen-bond donors (Lipinski definition) is 2. The molecule has 2 N–H and O–H groups in total. The number of hydrazone groups is 1. The van der Waals surface area contributed by atoms with Gasteiger partial charge in [-0.1, -0.05) is 24.3 Å². The van der Waals surface area contributed by atoms with Gasteiger partial charge in [-0.25, -0.2) is 5.01 Å². The van der Waals surface area contributed by atoms with Gasteiger partial charge in [0.05, 0.1) is 22.8 Å². The van der Waals surface area contributed by atoms with Crippen LogP contribution in [0.15, 0.2) is 35.0 Å². The predicted octanol–water partition coefficient (Wildman–Crippen LogP) is -7.16. The second-order valence-corrected chi connectivity index (χ2v) is 10.1. The van der Waals surface area contributed by atoms with Crippen LogP contribution in [-0.4, -0.2) is 70.6 Å². The molecular formula is C18H22K2N4O9S2. The molecule has 17 heteroatoms. The molecule has 0 aliphatic carbocycles. The van der Waals surface area contributed by atoms with Crippen LogP contribution in [0.3, 0.4) is 0 Å². The smallest absolute Gasteiger partial charge is 0.858 e. The maximum absolute atomic E-state index is 12.3. The minimum Gasteiger partial charge on any atom is -0.858 e. The average molecular weight is 581 g/mol. The van der Waals surface area contributed by atoms with E-state index in [1.807, 2.05) is 0 Å². The Balaban J connectivity index is 0.00000578. The number of nitrogens with zero attached hydrogens (tertiary/aromatic N) is 4. The number of hydrogen-bond acceptors (Lipinski definition) is 9. The monoisotopic (exact) mass is 580 g/mol. The second kappa shape index (κ2) is 15.6. The quantitative estimate of drug-likeness (QED) is 0.109. The Morgan fingerprint density at radius 2 is 1.51 bits per heavy atom. The molecule has 0 aromatic carbocycles. The number of amides is 1. The summed E-state index contributed by atoms with van der Waals surface area (Å²) in [4.78, 5) is 12.2. The molecule has 1 aromatic heterocycles. The maximum Gasteiger partial charge on any atom is 1.00 e. The first-order chi connectivity index (χ1) is 15.3. The summed E-state index contributed by atoms with van der Waals surface area (Å²) in [5, 5.41) is 32.6. The Hall–Kier alpha value is 0.263. The van der Waals surface area contributed by atoms with Gasteiger partial charge in [0.25, 0.3) is 26.1 Å². The molecule has 182 valence electrons. The van der Waals surface area contributed by atoms with Crippen LogP contribution in [-0.2, 0) is 31.6 Å². The number of aromatic nitrogens is 2. The van der Waals surface area contributed by atoms with Gasteiger partial charge in [-0.15, -0.1) is 0 Å². The second-order valence-electron chi connectivity index (χ2n) is 6.96. The van der Waals surface area contributed by atoms with Crippen LogP contribution in [0.2, 0.25) is 0 Å². The van der Waals surface area contributed by atoms with Crippen LogP contribution in [0.25, 0.3) is 6.08 Å². The number of allylic oxidation sites excluding steroid dienone is 4. The van der Waals surface area contributed by atoms with Crippen LogP contribution in [0, 0.1) is 6.92 Å². The zero-order chi connectivity index (χ0) is 24.8. The van der Waals surface area contributed by atoms with Crippen molar-refractivity contribution in [2.24, 2.45) is 5.10 Å². The van der Waals surface area contributed by atoms with E-state index in [1.54, 1.807) is 6.92 Å². The Morgan fingerprint density at radius 3 is 2.09 bits per heavy atom. The van der Waals surface area contributed by atoms with Crippen LogP contribution in [0.4, 0.5) is 0 Å². The minimum atomic E-state index is -4.18. The van der Waals surface area contributed by atoms with Gasteiger partial charge in [0, 0.05) is 24.6 Å². The fourth-order valence-electron chi connectivity index (χ4n) is 2.81. The summed E-state index contributed by atoms with van der Waals surface area (Å²) < 4.78 is 61.5. The molecule has 0 radical (unpaired) electrons. The summed E-state index contributed by atoms with van der Waals surface area (Å²) in [6.07, 6.45) is 6.95. The summed E-state index contributed by atoms with van der Waals surface area (Å²) in [6, 6.07) is 0. The van der Waals surface area contributed by atoms with E-state index in [0.29, 0.717) is 5.69 Å². The van der Waals surface area contributed by atoms with Crippen molar-refractivity contribution in [1.29, 1.82) is 0 Å². The van der Waals surface area contributed by atoms with Crippen LogP contribution < -0.4 is 113 Å². The van der Waals surface area contributed by atoms with Crippen molar-refractivity contribution in [1.82, 2.24) is 14.8 Å². The molecule has 0 saturated carbocycles. The van der Waals surface area contributed by atoms with Crippen LogP contribution >= 0.6 is 0 Å². The normalized spacial score (nSPS) is 15.6. The molecule has 0 fully saturated rings. The molecule has 1 amide bonds. The third-order valence-electron chi connectivity index (χ3n) is 4.32. The summed E-state index contributed by atoms with van der Waals surface area (Å²) in [6.45, 7) is 1.47. The zero-order valence-corrected chi connectivity index (χ0v) is 27.4. The van der Waals surface area contributed by atoms with Crippen molar-refractivity contribution in [3.63, 3.8) is 0 Å². The fourth-order valence-corrected chi connectivity index (χ4v) is 3.80. The van der Waals surface area contributed by atoms with E-state index < -0.39 is 49.4 Å². The Kier molecular flexibility index (Phi) is 15.7. The Morgan fingerprint density at radius 1 is 0.943 bits per heavy atom. The number of carbonyl (C=O) groups is 1. The van der Waals surface area contributed by atoms with E-state index in [9.17, 15) is 31.8 Å². The molecule has 0 spiro atoms. The third-order valence-corrected chi connectivity index (χ3v) is 5.93. The third kappa shape index (κ3) is 12.1. The first-order valence-corrected chi connectivity index (χ1v) is 12.8. The number of aryl methyl sites for hydroxylation is 2. The maximum atomic E-state index is 12.3. The van der Waals surface area contributed by atoms with Gasteiger partial charge >= 0.3 is 103 Å². The molecular weight excluding hydrogens is 559 g/mol. The van der Waals surface area contributed by atoms with Crippen LogP contribution in [0.1, 0.15) is 24.1 Å². The number of rotatable bonds is 11. The minimum absolute atomic E-state index is 0. The van der Waals surface area contributed by atoms with Crippen molar-refractivity contribution in [3.8, 4) is 5.88 Å². The van der Waals surface area contributed by atoms with E-state index in [4.69, 9.17) is 9.11 Å². The van der Waals surface area contributed by atoms with Crippen molar-refractivity contribution in [2.45, 2.75) is 26.3 Å². The Labute approximate surface area is 288 Å². The van der Waals surface area contributed by atoms with Crippen molar-refractivity contribution in [3.05, 3.63) is 41.1 Å². The van der Waals surface area contributed by atoms with Crippen molar-refractivity contribution in [2.75, 3.05) is 18.1 Å². The predicted molar refractivity (Wildman–Crippen MR) is 114 cm³/mol. The summed E-state index contributed by atoms with van der Waals surface area (Å²) >= 11 is 0. The summed E-state index contributed by atoms with van der Waals surface area (Å²) in [7, 11) is -8.30. The largest absolute Gasteiger partial charge is 1.00 e. The average Bonchev–Trinajstić information content (AvgIpc) is 3.09. The summed E-state index contributed by atoms with van der Waals surface area (Å²) in [5.41, 5.74) is 0.460. The molecule has 35 heavy (non-hydrogen) atoms. The Bertz CT molecular complexity index is 1240. The zero-order valence-electron chi connectivity index (χ0n) is 19.5. The first-order valence-electron chi connectivity index (χ1n) is 9.56. The van der Waals surface area contributed by atoms with Gasteiger partial charge in [0.1, 0.15) is 0 Å². The number of carbonyl (C=O) groups excluding carboxylic acids is 1. The molecule has 0 saturated heterocycles. The molecule has 1 aromatic rings. The van der Waals surface area contributed by atoms with Gasteiger partial charge in [0.2, 0.25) is 0 Å². The topological polar surface area (TPSA) is 205 Å². The molecule has 1 aliphatic rings.